The molecule has 1 aliphatic heterocycles. The predicted molar refractivity (Wildman–Crippen MR) is 130 cm³/mol. The SMILES string of the molecule is O=c1c2cnc3nc(SCc4ccc5c(c4)OCCO5)nn3c2ccn1CCc1ccccc1. The average molecular weight is 472 g/mol. The van der Waals surface area contributed by atoms with Crippen molar-refractivity contribution in [3.8, 4) is 11.5 Å². The first-order valence-electron chi connectivity index (χ1n) is 11.0. The molecule has 0 amide bonds. The summed E-state index contributed by atoms with van der Waals surface area (Å²) in [7, 11) is 0. The lowest BCUT2D eigenvalue weighted by Crippen LogP contribution is -2.21. The van der Waals surface area contributed by atoms with Gasteiger partial charge in [0.05, 0.1) is 10.9 Å². The van der Waals surface area contributed by atoms with Crippen LogP contribution in [0.25, 0.3) is 16.7 Å². The van der Waals surface area contributed by atoms with Crippen molar-refractivity contribution in [2.45, 2.75) is 23.9 Å². The van der Waals surface area contributed by atoms with Crippen LogP contribution in [0.3, 0.4) is 0 Å². The highest BCUT2D eigenvalue weighted by molar-refractivity contribution is 7.98. The molecule has 0 bridgehead atoms. The van der Waals surface area contributed by atoms with Crippen LogP contribution < -0.4 is 15.0 Å². The summed E-state index contributed by atoms with van der Waals surface area (Å²) in [6, 6.07) is 18.0. The lowest BCUT2D eigenvalue weighted by Gasteiger charge is -2.18. The van der Waals surface area contributed by atoms with Gasteiger partial charge in [0, 0.05) is 24.7 Å². The Balaban J connectivity index is 1.23. The Hall–Kier alpha value is -3.85. The highest BCUT2D eigenvalue weighted by Gasteiger charge is 2.14. The van der Waals surface area contributed by atoms with E-state index in [1.807, 2.05) is 48.7 Å². The standard InChI is InChI=1S/C25H21N5O3S/c31-23-19-15-26-24-27-25(34-16-18-6-7-21-22(14-18)33-13-12-32-21)28-30(24)20(19)9-11-29(23)10-8-17-4-2-1-3-5-17/h1-7,9,11,14-15H,8,10,12-13,16H2. The van der Waals surface area contributed by atoms with E-state index in [0.29, 0.717) is 47.3 Å². The number of hydrogen-bond donors (Lipinski definition) is 0. The van der Waals surface area contributed by atoms with Gasteiger partial charge in [-0.25, -0.2) is 4.98 Å². The van der Waals surface area contributed by atoms with Crippen LogP contribution in [0.15, 0.2) is 76.9 Å². The molecule has 5 aromatic rings. The van der Waals surface area contributed by atoms with Crippen molar-refractivity contribution in [2.75, 3.05) is 13.2 Å². The molecule has 4 heterocycles. The third-order valence-electron chi connectivity index (χ3n) is 5.75. The number of nitrogens with zero attached hydrogens (tertiary/aromatic N) is 5. The van der Waals surface area contributed by atoms with Crippen molar-refractivity contribution < 1.29 is 9.47 Å². The number of aromatic nitrogens is 5. The fourth-order valence-electron chi connectivity index (χ4n) is 4.00. The summed E-state index contributed by atoms with van der Waals surface area (Å²) >= 11 is 1.51. The maximum absolute atomic E-state index is 13.1. The molecule has 0 fully saturated rings. The third kappa shape index (κ3) is 3.99. The van der Waals surface area contributed by atoms with E-state index in [4.69, 9.17) is 9.47 Å². The smallest absolute Gasteiger partial charge is 0.261 e. The molecule has 0 saturated carbocycles. The second kappa shape index (κ2) is 8.83. The summed E-state index contributed by atoms with van der Waals surface area (Å²) < 4.78 is 14.6. The molecule has 3 aromatic heterocycles. The summed E-state index contributed by atoms with van der Waals surface area (Å²) in [4.78, 5) is 22.0. The average Bonchev–Trinajstić information content (AvgIpc) is 3.31. The maximum Gasteiger partial charge on any atom is 0.261 e. The van der Waals surface area contributed by atoms with Crippen molar-refractivity contribution in [1.82, 2.24) is 24.1 Å². The van der Waals surface area contributed by atoms with Crippen molar-refractivity contribution in [3.05, 3.63) is 88.5 Å². The molecule has 2 aromatic carbocycles. The largest absolute Gasteiger partial charge is 0.486 e. The molecule has 6 rings (SSSR count). The summed E-state index contributed by atoms with van der Waals surface area (Å²) in [5, 5.41) is 5.73. The molecule has 0 radical (unpaired) electrons. The highest BCUT2D eigenvalue weighted by Crippen LogP contribution is 2.32. The molecule has 0 aliphatic carbocycles. The van der Waals surface area contributed by atoms with Crippen LogP contribution in [0, 0.1) is 0 Å². The van der Waals surface area contributed by atoms with Gasteiger partial charge in [0.25, 0.3) is 11.3 Å². The lowest BCUT2D eigenvalue weighted by atomic mass is 10.1. The van der Waals surface area contributed by atoms with Gasteiger partial charge >= 0.3 is 0 Å². The molecule has 0 atom stereocenters. The van der Waals surface area contributed by atoms with E-state index in [0.717, 1.165) is 23.5 Å². The number of benzene rings is 2. The van der Waals surface area contributed by atoms with Crippen LogP contribution in [-0.2, 0) is 18.7 Å². The molecule has 0 N–H and O–H groups in total. The minimum atomic E-state index is -0.0798. The Kier molecular flexibility index (Phi) is 5.38. The second-order valence-corrected chi connectivity index (χ2v) is 8.92. The second-order valence-electron chi connectivity index (χ2n) is 7.98. The van der Waals surface area contributed by atoms with Crippen molar-refractivity contribution in [2.24, 2.45) is 0 Å². The van der Waals surface area contributed by atoms with Gasteiger partial charge in [0.15, 0.2) is 11.5 Å². The normalized spacial score (nSPS) is 12.9. The zero-order valence-electron chi connectivity index (χ0n) is 18.3. The zero-order chi connectivity index (χ0) is 22.9. The van der Waals surface area contributed by atoms with E-state index >= 15 is 0 Å². The van der Waals surface area contributed by atoms with E-state index in [2.05, 4.69) is 27.2 Å². The van der Waals surface area contributed by atoms with E-state index < -0.39 is 0 Å². The first-order valence-corrected chi connectivity index (χ1v) is 12.0. The Morgan fingerprint density at radius 2 is 1.82 bits per heavy atom. The summed E-state index contributed by atoms with van der Waals surface area (Å²) in [6.07, 6.45) is 4.19. The van der Waals surface area contributed by atoms with Gasteiger partial charge in [0.1, 0.15) is 13.2 Å². The van der Waals surface area contributed by atoms with E-state index in [-0.39, 0.29) is 5.56 Å². The van der Waals surface area contributed by atoms with Gasteiger partial charge in [-0.05, 0) is 35.7 Å². The van der Waals surface area contributed by atoms with Crippen molar-refractivity contribution in [3.63, 3.8) is 0 Å². The number of ether oxygens (including phenoxy) is 2. The Morgan fingerprint density at radius 3 is 2.71 bits per heavy atom. The van der Waals surface area contributed by atoms with Gasteiger partial charge in [-0.15, -0.1) is 5.10 Å². The fourth-order valence-corrected chi connectivity index (χ4v) is 4.76. The highest BCUT2D eigenvalue weighted by atomic mass is 32.2. The summed E-state index contributed by atoms with van der Waals surface area (Å²) in [5.41, 5.74) is 2.90. The zero-order valence-corrected chi connectivity index (χ0v) is 19.1. The number of fused-ring (bicyclic) bond motifs is 4. The minimum Gasteiger partial charge on any atom is -0.486 e. The lowest BCUT2D eigenvalue weighted by molar-refractivity contribution is 0.171. The Bertz CT molecular complexity index is 1550. The number of pyridine rings is 1. The first-order chi connectivity index (χ1) is 16.7. The number of thioether (sulfide) groups is 1. The van der Waals surface area contributed by atoms with Gasteiger partial charge in [0.2, 0.25) is 5.16 Å². The first kappa shape index (κ1) is 20.7. The molecule has 0 unspecified atom stereocenters. The van der Waals surface area contributed by atoms with Gasteiger partial charge < -0.3 is 14.0 Å². The van der Waals surface area contributed by atoms with Crippen LogP contribution in [-0.4, -0.2) is 37.4 Å². The fraction of sp³-hybridized carbons (Fsp3) is 0.200. The maximum atomic E-state index is 13.1. The molecule has 0 saturated heterocycles. The Morgan fingerprint density at radius 1 is 0.971 bits per heavy atom. The molecule has 9 heteroatoms. The van der Waals surface area contributed by atoms with Crippen molar-refractivity contribution >= 4 is 28.4 Å². The van der Waals surface area contributed by atoms with Crippen LogP contribution in [0.2, 0.25) is 0 Å². The van der Waals surface area contributed by atoms with Crippen molar-refractivity contribution in [1.29, 1.82) is 0 Å². The van der Waals surface area contributed by atoms with Gasteiger partial charge in [-0.1, -0.05) is 48.2 Å². The van der Waals surface area contributed by atoms with Crippen LogP contribution in [0.1, 0.15) is 11.1 Å². The van der Waals surface area contributed by atoms with E-state index in [9.17, 15) is 4.79 Å². The third-order valence-corrected chi connectivity index (χ3v) is 6.66. The summed E-state index contributed by atoms with van der Waals surface area (Å²) in [5.74, 6) is 2.69. The van der Waals surface area contributed by atoms with Crippen LogP contribution >= 0.6 is 11.8 Å². The molecule has 170 valence electrons. The number of hydrogen-bond acceptors (Lipinski definition) is 7. The Labute approximate surface area is 199 Å². The van der Waals surface area contributed by atoms with E-state index in [1.54, 1.807) is 15.3 Å². The van der Waals surface area contributed by atoms with E-state index in [1.165, 1.54) is 17.3 Å². The molecule has 0 spiro atoms. The number of aryl methyl sites for hydroxylation is 2. The molecule has 1 aliphatic rings. The van der Waals surface area contributed by atoms with Gasteiger partial charge in [-0.3, -0.25) is 4.79 Å². The number of rotatable bonds is 6. The summed E-state index contributed by atoms with van der Waals surface area (Å²) in [6.45, 7) is 1.74. The molecule has 34 heavy (non-hydrogen) atoms. The topological polar surface area (TPSA) is 83.5 Å². The molecular weight excluding hydrogens is 450 g/mol. The van der Waals surface area contributed by atoms with Crippen LogP contribution in [0.4, 0.5) is 0 Å². The van der Waals surface area contributed by atoms with Gasteiger partial charge in [-0.2, -0.15) is 9.50 Å². The predicted octanol–water partition coefficient (Wildman–Crippen LogP) is 3.75. The monoisotopic (exact) mass is 471 g/mol. The molecular formula is C25H21N5O3S. The quantitative estimate of drug-likeness (QED) is 0.349. The minimum absolute atomic E-state index is 0.0798. The molecule has 8 nitrogen and oxygen atoms in total. The van der Waals surface area contributed by atoms with Crippen LogP contribution in [0.5, 0.6) is 11.5 Å².